The average molecular weight is 487 g/mol. The number of carbonyl (C=O) groups excluding carboxylic acids is 1. The van der Waals surface area contributed by atoms with E-state index < -0.39 is 17.1 Å². The largest absolute Gasteiger partial charge is 0.508 e. The maximum absolute atomic E-state index is 13.0. The van der Waals surface area contributed by atoms with Crippen LogP contribution in [0.3, 0.4) is 0 Å². The van der Waals surface area contributed by atoms with Crippen LogP contribution in [0.1, 0.15) is 55.5 Å². The monoisotopic (exact) mass is 486 g/mol. The minimum absolute atomic E-state index is 0.0564. The van der Waals surface area contributed by atoms with Gasteiger partial charge >= 0.3 is 0 Å². The second-order valence-corrected chi connectivity index (χ2v) is 9.50. The molecule has 1 unspecified atom stereocenters. The Hall–Kier alpha value is -3.83. The van der Waals surface area contributed by atoms with Crippen molar-refractivity contribution in [2.24, 2.45) is 0 Å². The van der Waals surface area contributed by atoms with Crippen molar-refractivity contribution in [2.75, 3.05) is 0 Å². The SMILES string of the molecule is CC(C)=CCc1cc(CC=C(C)C)cc(C(C=O)(OCc2ccccc2)c2c(O)cc(O)cc2O)c1. The smallest absolute Gasteiger partial charge is 0.181 e. The van der Waals surface area contributed by atoms with Crippen molar-refractivity contribution in [3.63, 3.8) is 0 Å². The van der Waals surface area contributed by atoms with E-state index in [0.29, 0.717) is 24.7 Å². The van der Waals surface area contributed by atoms with E-state index in [1.165, 1.54) is 11.1 Å². The highest BCUT2D eigenvalue weighted by Gasteiger charge is 2.41. The standard InChI is InChI=1S/C31H34O5/c1-21(2)10-12-24-14-25(13-11-22(3)4)16-26(15-24)31(20-32,36-19-23-8-6-5-7-9-23)30-28(34)17-27(33)18-29(30)35/h5-11,14-18,20,33-35H,12-13,19H2,1-4H3. The first-order chi connectivity index (χ1) is 17.1. The Balaban J connectivity index is 2.26. The number of benzene rings is 3. The Morgan fingerprint density at radius 1 is 0.778 bits per heavy atom. The summed E-state index contributed by atoms with van der Waals surface area (Å²) in [7, 11) is 0. The number of allylic oxidation sites excluding steroid dienone is 4. The molecule has 0 heterocycles. The molecular formula is C31H34O5. The summed E-state index contributed by atoms with van der Waals surface area (Å²) in [4.78, 5) is 13.0. The van der Waals surface area contributed by atoms with Crippen LogP contribution in [0.4, 0.5) is 0 Å². The third-order valence-corrected chi connectivity index (χ3v) is 5.90. The number of rotatable bonds is 10. The van der Waals surface area contributed by atoms with Gasteiger partial charge in [-0.1, -0.05) is 71.8 Å². The van der Waals surface area contributed by atoms with Gasteiger partial charge in [0.25, 0.3) is 0 Å². The van der Waals surface area contributed by atoms with Crippen LogP contribution in [0, 0.1) is 0 Å². The molecule has 0 fully saturated rings. The van der Waals surface area contributed by atoms with Crippen molar-refractivity contribution in [1.29, 1.82) is 0 Å². The lowest BCUT2D eigenvalue weighted by molar-refractivity contribution is -0.129. The van der Waals surface area contributed by atoms with Crippen LogP contribution in [0.5, 0.6) is 17.2 Å². The summed E-state index contributed by atoms with van der Waals surface area (Å²) >= 11 is 0. The zero-order valence-corrected chi connectivity index (χ0v) is 21.3. The van der Waals surface area contributed by atoms with Gasteiger partial charge in [0.1, 0.15) is 17.2 Å². The number of ether oxygens (including phenoxy) is 1. The van der Waals surface area contributed by atoms with Crippen molar-refractivity contribution in [3.05, 3.63) is 112 Å². The van der Waals surface area contributed by atoms with E-state index in [1.807, 2.05) is 70.2 Å². The molecule has 0 aromatic heterocycles. The fourth-order valence-electron chi connectivity index (χ4n) is 4.07. The van der Waals surface area contributed by atoms with E-state index >= 15 is 0 Å². The van der Waals surface area contributed by atoms with Crippen molar-refractivity contribution in [2.45, 2.75) is 52.7 Å². The first kappa shape index (κ1) is 26.8. The zero-order chi connectivity index (χ0) is 26.3. The molecule has 0 bridgehead atoms. The molecule has 3 rings (SSSR count). The van der Waals surface area contributed by atoms with Crippen LogP contribution < -0.4 is 0 Å². The molecule has 5 nitrogen and oxygen atoms in total. The van der Waals surface area contributed by atoms with Crippen molar-refractivity contribution in [1.82, 2.24) is 0 Å². The molecule has 3 aromatic rings. The second-order valence-electron chi connectivity index (χ2n) is 9.50. The van der Waals surface area contributed by atoms with Gasteiger partial charge in [0.15, 0.2) is 11.9 Å². The molecule has 0 saturated heterocycles. The lowest BCUT2D eigenvalue weighted by atomic mass is 9.83. The first-order valence-electron chi connectivity index (χ1n) is 11.9. The summed E-state index contributed by atoms with van der Waals surface area (Å²) in [5.41, 5.74) is 3.66. The van der Waals surface area contributed by atoms with Gasteiger partial charge < -0.3 is 20.1 Å². The Morgan fingerprint density at radius 2 is 1.31 bits per heavy atom. The fourth-order valence-corrected chi connectivity index (χ4v) is 4.07. The quantitative estimate of drug-likeness (QED) is 0.226. The van der Waals surface area contributed by atoms with Gasteiger partial charge in [-0.15, -0.1) is 0 Å². The third kappa shape index (κ3) is 6.43. The van der Waals surface area contributed by atoms with E-state index in [0.717, 1.165) is 28.8 Å². The van der Waals surface area contributed by atoms with Crippen molar-refractivity contribution in [3.8, 4) is 17.2 Å². The molecule has 1 atom stereocenters. The highest BCUT2D eigenvalue weighted by Crippen LogP contribution is 2.45. The molecule has 0 aliphatic heterocycles. The highest BCUT2D eigenvalue weighted by atomic mass is 16.5. The molecule has 3 N–H and O–H groups in total. The van der Waals surface area contributed by atoms with E-state index in [1.54, 1.807) is 0 Å². The van der Waals surface area contributed by atoms with E-state index in [2.05, 4.69) is 18.2 Å². The van der Waals surface area contributed by atoms with Gasteiger partial charge in [0, 0.05) is 12.1 Å². The van der Waals surface area contributed by atoms with Gasteiger partial charge in [-0.05, 0) is 62.8 Å². The van der Waals surface area contributed by atoms with Crippen LogP contribution in [0.2, 0.25) is 0 Å². The summed E-state index contributed by atoms with van der Waals surface area (Å²) in [6.07, 6.45) is 6.12. The molecule has 0 spiro atoms. The van der Waals surface area contributed by atoms with E-state index in [4.69, 9.17) is 4.74 Å². The molecule has 5 heteroatoms. The maximum Gasteiger partial charge on any atom is 0.181 e. The number of phenols is 3. The molecule has 0 aliphatic carbocycles. The fraction of sp³-hybridized carbons (Fsp3) is 0.258. The molecule has 0 aliphatic rings. The molecular weight excluding hydrogens is 452 g/mol. The van der Waals surface area contributed by atoms with Gasteiger partial charge in [0.2, 0.25) is 0 Å². The maximum atomic E-state index is 13.0. The predicted octanol–water partition coefficient (Wildman–Crippen LogP) is 6.48. The normalized spacial score (nSPS) is 12.4. The van der Waals surface area contributed by atoms with E-state index in [-0.39, 0.29) is 17.9 Å². The lowest BCUT2D eigenvalue weighted by Crippen LogP contribution is -2.33. The Kier molecular flexibility index (Phi) is 8.73. The first-order valence-corrected chi connectivity index (χ1v) is 11.9. The van der Waals surface area contributed by atoms with Crippen LogP contribution in [0.15, 0.2) is 84.0 Å². The van der Waals surface area contributed by atoms with Crippen LogP contribution in [-0.2, 0) is 34.6 Å². The Labute approximate surface area is 213 Å². The summed E-state index contributed by atoms with van der Waals surface area (Å²) in [6.45, 7) is 8.16. The number of aromatic hydroxyl groups is 3. The van der Waals surface area contributed by atoms with Crippen LogP contribution >= 0.6 is 0 Å². The Bertz CT molecular complexity index is 1200. The molecule has 0 saturated carbocycles. The predicted molar refractivity (Wildman–Crippen MR) is 142 cm³/mol. The molecule has 188 valence electrons. The third-order valence-electron chi connectivity index (χ3n) is 5.90. The number of carbonyl (C=O) groups is 1. The number of phenolic OH excluding ortho intramolecular Hbond substituents is 3. The lowest BCUT2D eigenvalue weighted by Gasteiger charge is -2.31. The molecule has 0 amide bonds. The molecule has 3 aromatic carbocycles. The topological polar surface area (TPSA) is 87.0 Å². The Morgan fingerprint density at radius 3 is 1.78 bits per heavy atom. The van der Waals surface area contributed by atoms with Crippen LogP contribution in [0.25, 0.3) is 0 Å². The summed E-state index contributed by atoms with van der Waals surface area (Å²) < 4.78 is 6.30. The molecule has 0 radical (unpaired) electrons. The zero-order valence-electron chi connectivity index (χ0n) is 21.3. The minimum atomic E-state index is -1.82. The summed E-state index contributed by atoms with van der Waals surface area (Å²) in [5.74, 6) is -1.19. The summed E-state index contributed by atoms with van der Waals surface area (Å²) in [6, 6.07) is 17.4. The summed E-state index contributed by atoms with van der Waals surface area (Å²) in [5, 5.41) is 31.5. The van der Waals surface area contributed by atoms with Crippen molar-refractivity contribution < 1.29 is 24.9 Å². The number of hydrogen-bond acceptors (Lipinski definition) is 5. The second kappa shape index (κ2) is 11.7. The molecule has 36 heavy (non-hydrogen) atoms. The van der Waals surface area contributed by atoms with Gasteiger partial charge in [-0.3, -0.25) is 4.79 Å². The number of aldehydes is 1. The van der Waals surface area contributed by atoms with Gasteiger partial charge in [0.05, 0.1) is 12.2 Å². The van der Waals surface area contributed by atoms with Gasteiger partial charge in [-0.2, -0.15) is 0 Å². The van der Waals surface area contributed by atoms with Gasteiger partial charge in [-0.25, -0.2) is 0 Å². The average Bonchev–Trinajstić information content (AvgIpc) is 2.83. The van der Waals surface area contributed by atoms with Crippen LogP contribution in [-0.4, -0.2) is 21.6 Å². The van der Waals surface area contributed by atoms with E-state index in [9.17, 15) is 20.1 Å². The number of hydrogen-bond donors (Lipinski definition) is 3. The van der Waals surface area contributed by atoms with Crippen molar-refractivity contribution >= 4 is 6.29 Å². The minimum Gasteiger partial charge on any atom is -0.508 e. The highest BCUT2D eigenvalue weighted by molar-refractivity contribution is 5.77.